The van der Waals surface area contributed by atoms with Crippen molar-refractivity contribution in [2.24, 2.45) is 5.73 Å². The average Bonchev–Trinajstić information content (AvgIpc) is 2.14. The van der Waals surface area contributed by atoms with E-state index in [2.05, 4.69) is 0 Å². The van der Waals surface area contributed by atoms with E-state index in [4.69, 9.17) is 17.3 Å². The summed E-state index contributed by atoms with van der Waals surface area (Å²) in [4.78, 5) is 11.1. The van der Waals surface area contributed by atoms with Gasteiger partial charge in [0.25, 0.3) is 0 Å². The summed E-state index contributed by atoms with van der Waals surface area (Å²) in [5.74, 6) is 0.273. The largest absolute Gasteiger partial charge is 0.330 e. The summed E-state index contributed by atoms with van der Waals surface area (Å²) in [7, 11) is 0. The molecule has 1 saturated carbocycles. The van der Waals surface area contributed by atoms with E-state index in [1.165, 1.54) is 0 Å². The summed E-state index contributed by atoms with van der Waals surface area (Å²) in [6.45, 7) is 0.489. The Bertz CT molecular complexity index is 367. The molecule has 1 aromatic carbocycles. The van der Waals surface area contributed by atoms with Gasteiger partial charge in [-0.05, 0) is 11.6 Å². The Labute approximate surface area is 88.1 Å². The van der Waals surface area contributed by atoms with Gasteiger partial charge in [0, 0.05) is 29.8 Å². The molecule has 74 valence electrons. The Morgan fingerprint density at radius 3 is 2.50 bits per heavy atom. The molecule has 0 heterocycles. The summed E-state index contributed by atoms with van der Waals surface area (Å²) in [6, 6.07) is 7.62. The highest BCUT2D eigenvalue weighted by molar-refractivity contribution is 6.31. The fraction of sp³-hybridized carbons (Fsp3) is 0.364. The molecule has 1 aliphatic carbocycles. The summed E-state index contributed by atoms with van der Waals surface area (Å²) in [5.41, 5.74) is 6.55. The molecule has 2 nitrogen and oxygen atoms in total. The van der Waals surface area contributed by atoms with Crippen LogP contribution in [0.25, 0.3) is 0 Å². The molecular weight excluding hydrogens is 198 g/mol. The molecule has 0 aromatic heterocycles. The van der Waals surface area contributed by atoms with Gasteiger partial charge in [-0.2, -0.15) is 0 Å². The van der Waals surface area contributed by atoms with E-state index in [1.807, 2.05) is 24.3 Å². The van der Waals surface area contributed by atoms with E-state index in [1.54, 1.807) is 0 Å². The lowest BCUT2D eigenvalue weighted by atomic mass is 9.63. The molecule has 0 atom stereocenters. The predicted octanol–water partition coefficient (Wildman–Crippen LogP) is 1.90. The van der Waals surface area contributed by atoms with Crippen LogP contribution in [-0.4, -0.2) is 12.3 Å². The minimum absolute atomic E-state index is 0.185. The molecule has 0 saturated heterocycles. The molecule has 0 spiro atoms. The van der Waals surface area contributed by atoms with Gasteiger partial charge in [0.2, 0.25) is 0 Å². The Morgan fingerprint density at radius 1 is 1.36 bits per heavy atom. The second kappa shape index (κ2) is 3.37. The first kappa shape index (κ1) is 9.69. The molecule has 0 amide bonds. The Hall–Kier alpha value is -0.860. The number of hydrogen-bond acceptors (Lipinski definition) is 2. The van der Waals surface area contributed by atoms with Gasteiger partial charge < -0.3 is 5.73 Å². The van der Waals surface area contributed by atoms with Crippen LogP contribution in [0.5, 0.6) is 0 Å². The van der Waals surface area contributed by atoms with Crippen LogP contribution < -0.4 is 5.73 Å². The Kier molecular flexibility index (Phi) is 2.33. The SMILES string of the molecule is NCC1(c2ccccc2Cl)CC(=O)C1. The highest BCUT2D eigenvalue weighted by atomic mass is 35.5. The number of carbonyl (C=O) groups is 1. The van der Waals surface area contributed by atoms with Crippen LogP contribution in [0.15, 0.2) is 24.3 Å². The van der Waals surface area contributed by atoms with Crippen molar-refractivity contribution in [1.29, 1.82) is 0 Å². The maximum Gasteiger partial charge on any atom is 0.134 e. The summed E-state index contributed by atoms with van der Waals surface area (Å²) in [6.07, 6.45) is 1.07. The maximum absolute atomic E-state index is 11.1. The molecular formula is C11H12ClNO. The highest BCUT2D eigenvalue weighted by Crippen LogP contribution is 2.43. The van der Waals surface area contributed by atoms with Crippen molar-refractivity contribution < 1.29 is 4.79 Å². The van der Waals surface area contributed by atoms with E-state index >= 15 is 0 Å². The van der Waals surface area contributed by atoms with Crippen LogP contribution in [0.3, 0.4) is 0 Å². The summed E-state index contributed by atoms with van der Waals surface area (Å²) >= 11 is 6.08. The van der Waals surface area contributed by atoms with Gasteiger partial charge in [-0.25, -0.2) is 0 Å². The number of carbonyl (C=O) groups excluding carboxylic acids is 1. The lowest BCUT2D eigenvalue weighted by molar-refractivity contribution is -0.128. The van der Waals surface area contributed by atoms with Gasteiger partial charge in [0.1, 0.15) is 5.78 Å². The molecule has 0 bridgehead atoms. The average molecular weight is 210 g/mol. The van der Waals surface area contributed by atoms with Crippen molar-refractivity contribution in [3.05, 3.63) is 34.9 Å². The van der Waals surface area contributed by atoms with Crippen LogP contribution in [-0.2, 0) is 10.2 Å². The molecule has 0 unspecified atom stereocenters. The molecule has 2 N–H and O–H groups in total. The second-order valence-electron chi connectivity index (χ2n) is 3.86. The van der Waals surface area contributed by atoms with Crippen LogP contribution in [0.1, 0.15) is 18.4 Å². The standard InChI is InChI=1S/C11H12ClNO/c12-10-4-2-1-3-9(10)11(7-13)5-8(14)6-11/h1-4H,5-7,13H2. The van der Waals surface area contributed by atoms with Crippen molar-refractivity contribution in [1.82, 2.24) is 0 Å². The first-order valence-corrected chi connectivity index (χ1v) is 5.02. The minimum atomic E-state index is -0.185. The van der Waals surface area contributed by atoms with E-state index in [0.29, 0.717) is 24.4 Å². The van der Waals surface area contributed by atoms with E-state index < -0.39 is 0 Å². The van der Waals surface area contributed by atoms with Crippen LogP contribution >= 0.6 is 11.6 Å². The molecule has 2 rings (SSSR count). The zero-order chi connectivity index (χ0) is 10.2. The molecule has 14 heavy (non-hydrogen) atoms. The molecule has 0 aliphatic heterocycles. The monoisotopic (exact) mass is 209 g/mol. The third kappa shape index (κ3) is 1.35. The van der Waals surface area contributed by atoms with Gasteiger partial charge in [0.15, 0.2) is 0 Å². The third-order valence-corrected chi connectivity index (χ3v) is 3.24. The molecule has 1 aromatic rings. The number of rotatable bonds is 2. The predicted molar refractivity (Wildman–Crippen MR) is 56.4 cm³/mol. The fourth-order valence-electron chi connectivity index (χ4n) is 2.04. The Balaban J connectivity index is 2.38. The number of hydrogen-bond donors (Lipinski definition) is 1. The first-order chi connectivity index (χ1) is 6.68. The van der Waals surface area contributed by atoms with Crippen LogP contribution in [0.2, 0.25) is 5.02 Å². The quantitative estimate of drug-likeness (QED) is 0.809. The first-order valence-electron chi connectivity index (χ1n) is 4.65. The lowest BCUT2D eigenvalue weighted by Crippen LogP contribution is -2.47. The van der Waals surface area contributed by atoms with Crippen LogP contribution in [0.4, 0.5) is 0 Å². The molecule has 0 radical (unpaired) electrons. The van der Waals surface area contributed by atoms with Gasteiger partial charge >= 0.3 is 0 Å². The summed E-state index contributed by atoms with van der Waals surface area (Å²) in [5, 5.41) is 0.713. The van der Waals surface area contributed by atoms with Crippen LogP contribution in [0, 0.1) is 0 Å². The highest BCUT2D eigenvalue weighted by Gasteiger charge is 2.44. The zero-order valence-electron chi connectivity index (χ0n) is 7.79. The minimum Gasteiger partial charge on any atom is -0.330 e. The lowest BCUT2D eigenvalue weighted by Gasteiger charge is -2.40. The number of Topliss-reactive ketones (excluding diaryl/α,β-unsaturated/α-hetero) is 1. The van der Waals surface area contributed by atoms with E-state index in [9.17, 15) is 4.79 Å². The number of ketones is 1. The maximum atomic E-state index is 11.1. The normalized spacial score (nSPS) is 19.1. The second-order valence-corrected chi connectivity index (χ2v) is 4.26. The smallest absolute Gasteiger partial charge is 0.134 e. The summed E-state index contributed by atoms with van der Waals surface area (Å²) < 4.78 is 0. The number of nitrogens with two attached hydrogens (primary N) is 1. The fourth-order valence-corrected chi connectivity index (χ4v) is 2.38. The van der Waals surface area contributed by atoms with Crippen molar-refractivity contribution in [3.8, 4) is 0 Å². The topological polar surface area (TPSA) is 43.1 Å². The van der Waals surface area contributed by atoms with Crippen molar-refractivity contribution in [3.63, 3.8) is 0 Å². The van der Waals surface area contributed by atoms with Crippen molar-refractivity contribution >= 4 is 17.4 Å². The molecule has 1 fully saturated rings. The number of halogens is 1. The zero-order valence-corrected chi connectivity index (χ0v) is 8.55. The van der Waals surface area contributed by atoms with Gasteiger partial charge in [-0.15, -0.1) is 0 Å². The third-order valence-electron chi connectivity index (χ3n) is 2.91. The van der Waals surface area contributed by atoms with E-state index in [-0.39, 0.29) is 11.2 Å². The number of benzene rings is 1. The van der Waals surface area contributed by atoms with Crippen molar-refractivity contribution in [2.45, 2.75) is 18.3 Å². The van der Waals surface area contributed by atoms with Crippen molar-refractivity contribution in [2.75, 3.05) is 6.54 Å². The van der Waals surface area contributed by atoms with E-state index in [0.717, 1.165) is 5.56 Å². The molecule has 3 heteroatoms. The van der Waals surface area contributed by atoms with Gasteiger partial charge in [0.05, 0.1) is 0 Å². The van der Waals surface area contributed by atoms with Gasteiger partial charge in [-0.1, -0.05) is 29.8 Å². The van der Waals surface area contributed by atoms with Gasteiger partial charge in [-0.3, -0.25) is 4.79 Å². The molecule has 1 aliphatic rings. The Morgan fingerprint density at radius 2 is 2.00 bits per heavy atom.